The zero-order chi connectivity index (χ0) is 19.2. The number of hydrogen-bond donors (Lipinski definition) is 0. The van der Waals surface area contributed by atoms with Gasteiger partial charge in [-0.15, -0.1) is 0 Å². The molecule has 2 aromatic rings. The smallest absolute Gasteiger partial charge is 0.306 e. The van der Waals surface area contributed by atoms with Crippen molar-refractivity contribution in [1.82, 2.24) is 10.1 Å². The summed E-state index contributed by atoms with van der Waals surface area (Å²) in [7, 11) is 0. The number of rotatable bonds is 7. The lowest BCUT2D eigenvalue weighted by Crippen LogP contribution is -2.36. The summed E-state index contributed by atoms with van der Waals surface area (Å²) in [5.41, 5.74) is 3.44. The summed E-state index contributed by atoms with van der Waals surface area (Å²) in [5, 5.41) is 4.06. The normalized spacial score (nSPS) is 17.0. The molecule has 1 aliphatic heterocycles. The molecule has 1 saturated heterocycles. The number of likely N-dealkylation sites (tertiary alicyclic amines) is 1. The Balaban J connectivity index is 1.64. The van der Waals surface area contributed by atoms with Gasteiger partial charge in [0, 0.05) is 12.1 Å². The van der Waals surface area contributed by atoms with E-state index in [0.29, 0.717) is 18.9 Å². The molecule has 0 spiro atoms. The summed E-state index contributed by atoms with van der Waals surface area (Å²) in [6.07, 6.45) is 2.64. The van der Waals surface area contributed by atoms with Crippen LogP contribution in [0.25, 0.3) is 0 Å². The van der Waals surface area contributed by atoms with Crippen LogP contribution < -0.4 is 0 Å². The molecule has 0 bridgehead atoms. The molecular weight excluding hydrogens is 340 g/mol. The van der Waals surface area contributed by atoms with Crippen molar-refractivity contribution < 1.29 is 14.1 Å². The van der Waals surface area contributed by atoms with Crippen LogP contribution in [0.15, 0.2) is 34.9 Å². The Morgan fingerprint density at radius 1 is 1.26 bits per heavy atom. The second kappa shape index (κ2) is 9.18. The van der Waals surface area contributed by atoms with Gasteiger partial charge in [0.15, 0.2) is 0 Å². The average Bonchev–Trinajstić information content (AvgIpc) is 3.00. The van der Waals surface area contributed by atoms with E-state index in [-0.39, 0.29) is 11.9 Å². The van der Waals surface area contributed by atoms with Crippen LogP contribution in [-0.4, -0.2) is 35.7 Å². The van der Waals surface area contributed by atoms with E-state index in [1.807, 2.05) is 26.8 Å². The Bertz CT molecular complexity index is 714. The van der Waals surface area contributed by atoms with Crippen molar-refractivity contribution in [2.45, 2.75) is 52.5 Å². The minimum Gasteiger partial charge on any atom is -0.466 e. The first-order valence-electron chi connectivity index (χ1n) is 9.93. The van der Waals surface area contributed by atoms with Crippen LogP contribution in [0, 0.1) is 19.8 Å². The molecule has 5 heteroatoms. The topological polar surface area (TPSA) is 55.6 Å². The highest BCUT2D eigenvalue weighted by Gasteiger charge is 2.30. The molecule has 27 heavy (non-hydrogen) atoms. The number of carbonyl (C=O) groups is 1. The first-order valence-corrected chi connectivity index (χ1v) is 9.93. The monoisotopic (exact) mass is 370 g/mol. The van der Waals surface area contributed by atoms with Gasteiger partial charge in [-0.1, -0.05) is 35.5 Å². The van der Waals surface area contributed by atoms with Crippen molar-refractivity contribution in [3.05, 3.63) is 52.9 Å². The van der Waals surface area contributed by atoms with Gasteiger partial charge in [-0.25, -0.2) is 0 Å². The van der Waals surface area contributed by atoms with E-state index in [4.69, 9.17) is 9.26 Å². The minimum absolute atomic E-state index is 0.0931. The van der Waals surface area contributed by atoms with Gasteiger partial charge in [0.2, 0.25) is 0 Å². The van der Waals surface area contributed by atoms with E-state index < -0.39 is 0 Å². The molecule has 3 rings (SSSR count). The maximum absolute atomic E-state index is 12.2. The Kier molecular flexibility index (Phi) is 6.67. The zero-order valence-electron chi connectivity index (χ0n) is 16.6. The Labute approximate surface area is 161 Å². The molecule has 0 N–H and O–H groups in total. The van der Waals surface area contributed by atoms with Gasteiger partial charge in [-0.3, -0.25) is 9.69 Å². The highest BCUT2D eigenvalue weighted by molar-refractivity contribution is 5.70. The summed E-state index contributed by atoms with van der Waals surface area (Å²) in [6, 6.07) is 10.4. The van der Waals surface area contributed by atoms with E-state index in [9.17, 15) is 4.79 Å². The lowest BCUT2D eigenvalue weighted by molar-refractivity contribution is -0.144. The van der Waals surface area contributed by atoms with Crippen LogP contribution in [0.2, 0.25) is 0 Å². The predicted octanol–water partition coefficient (Wildman–Crippen LogP) is 4.24. The first kappa shape index (κ1) is 19.6. The highest BCUT2D eigenvalue weighted by Crippen LogP contribution is 2.36. The van der Waals surface area contributed by atoms with Gasteiger partial charge in [-0.05, 0) is 64.1 Å². The fourth-order valence-corrected chi connectivity index (χ4v) is 4.12. The Morgan fingerprint density at radius 3 is 2.56 bits per heavy atom. The van der Waals surface area contributed by atoms with Gasteiger partial charge in [0.25, 0.3) is 0 Å². The molecule has 0 saturated carbocycles. The number of aromatic nitrogens is 1. The van der Waals surface area contributed by atoms with E-state index in [1.54, 1.807) is 0 Å². The first-order chi connectivity index (χ1) is 13.1. The number of carbonyl (C=O) groups excluding carboxylic acids is 1. The van der Waals surface area contributed by atoms with Crippen LogP contribution >= 0.6 is 0 Å². The van der Waals surface area contributed by atoms with Crippen molar-refractivity contribution in [2.24, 2.45) is 5.92 Å². The summed E-state index contributed by atoms with van der Waals surface area (Å²) in [6.45, 7) is 9.23. The van der Waals surface area contributed by atoms with Crippen LogP contribution in [0.3, 0.4) is 0 Å². The summed E-state index contributed by atoms with van der Waals surface area (Å²) >= 11 is 0. The average molecular weight is 370 g/mol. The third kappa shape index (κ3) is 4.98. The minimum atomic E-state index is -0.0931. The SMILES string of the molecule is CCOC(=O)C[C@H](c1ccccc1)C1CCN(Cc2c(C)noc2C)CC1. The molecule has 1 atom stereocenters. The molecule has 1 aliphatic rings. The van der Waals surface area contributed by atoms with E-state index in [1.165, 1.54) is 11.1 Å². The molecule has 1 aromatic heterocycles. The number of benzene rings is 1. The van der Waals surface area contributed by atoms with Crippen molar-refractivity contribution in [1.29, 1.82) is 0 Å². The summed E-state index contributed by atoms with van der Waals surface area (Å²) < 4.78 is 10.5. The van der Waals surface area contributed by atoms with Crippen LogP contribution in [-0.2, 0) is 16.1 Å². The zero-order valence-corrected chi connectivity index (χ0v) is 16.6. The summed E-state index contributed by atoms with van der Waals surface area (Å²) in [4.78, 5) is 14.6. The fraction of sp³-hybridized carbons (Fsp3) is 0.545. The summed E-state index contributed by atoms with van der Waals surface area (Å²) in [5.74, 6) is 1.55. The number of nitrogens with zero attached hydrogens (tertiary/aromatic N) is 2. The molecule has 1 aromatic carbocycles. The number of ether oxygens (including phenoxy) is 1. The van der Waals surface area contributed by atoms with Gasteiger partial charge >= 0.3 is 5.97 Å². The van der Waals surface area contributed by atoms with Gasteiger partial charge in [-0.2, -0.15) is 0 Å². The second-order valence-corrected chi connectivity index (χ2v) is 7.44. The van der Waals surface area contributed by atoms with E-state index >= 15 is 0 Å². The van der Waals surface area contributed by atoms with Gasteiger partial charge in [0.1, 0.15) is 5.76 Å². The van der Waals surface area contributed by atoms with Crippen molar-refractivity contribution in [3.8, 4) is 0 Å². The number of hydrogen-bond acceptors (Lipinski definition) is 5. The second-order valence-electron chi connectivity index (χ2n) is 7.44. The quantitative estimate of drug-likeness (QED) is 0.682. The lowest BCUT2D eigenvalue weighted by Gasteiger charge is -2.36. The van der Waals surface area contributed by atoms with Crippen LogP contribution in [0.1, 0.15) is 54.7 Å². The molecule has 5 nitrogen and oxygen atoms in total. The molecule has 2 heterocycles. The number of esters is 1. The maximum atomic E-state index is 12.2. The molecule has 146 valence electrons. The molecule has 1 fully saturated rings. The van der Waals surface area contributed by atoms with Gasteiger partial charge in [0.05, 0.1) is 18.7 Å². The maximum Gasteiger partial charge on any atom is 0.306 e. The van der Waals surface area contributed by atoms with E-state index in [2.05, 4.69) is 34.3 Å². The molecular formula is C22H30N2O3. The van der Waals surface area contributed by atoms with Crippen LogP contribution in [0.4, 0.5) is 0 Å². The highest BCUT2D eigenvalue weighted by atomic mass is 16.5. The van der Waals surface area contributed by atoms with Crippen LogP contribution in [0.5, 0.6) is 0 Å². The van der Waals surface area contributed by atoms with Crippen molar-refractivity contribution in [2.75, 3.05) is 19.7 Å². The molecule has 0 unspecified atom stereocenters. The third-order valence-corrected chi connectivity index (χ3v) is 5.68. The predicted molar refractivity (Wildman–Crippen MR) is 104 cm³/mol. The fourth-order valence-electron chi connectivity index (χ4n) is 4.12. The number of aryl methyl sites for hydroxylation is 2. The third-order valence-electron chi connectivity index (χ3n) is 5.68. The Morgan fingerprint density at radius 2 is 1.96 bits per heavy atom. The van der Waals surface area contributed by atoms with Crippen molar-refractivity contribution in [3.63, 3.8) is 0 Å². The number of piperidine rings is 1. The molecule has 0 radical (unpaired) electrons. The largest absolute Gasteiger partial charge is 0.466 e. The van der Waals surface area contributed by atoms with Crippen molar-refractivity contribution >= 4 is 5.97 Å². The molecule has 0 amide bonds. The molecule has 0 aliphatic carbocycles. The lowest BCUT2D eigenvalue weighted by atomic mass is 9.78. The van der Waals surface area contributed by atoms with E-state index in [0.717, 1.165) is 43.9 Å². The standard InChI is InChI=1S/C22H30N2O3/c1-4-26-22(25)14-20(18-8-6-5-7-9-18)19-10-12-24(13-11-19)15-21-16(2)23-27-17(21)3/h5-9,19-20H,4,10-15H2,1-3H3/t20-/m1/s1. The van der Waals surface area contributed by atoms with Gasteiger partial charge < -0.3 is 9.26 Å². The Hall–Kier alpha value is -2.14.